The molecule has 0 N–H and O–H groups in total. The number of nitro groups is 1. The Morgan fingerprint density at radius 3 is 2.50 bits per heavy atom. The number of hydrogen-bond donors (Lipinski definition) is 0. The van der Waals surface area contributed by atoms with Gasteiger partial charge in [-0.25, -0.2) is 0 Å². The normalized spacial score (nSPS) is 22.7. The van der Waals surface area contributed by atoms with Crippen LogP contribution in [0, 0.1) is 16.0 Å². The second-order valence-electron chi connectivity index (χ2n) is 8.44. The van der Waals surface area contributed by atoms with E-state index in [4.69, 9.17) is 4.74 Å². The lowest BCUT2D eigenvalue weighted by molar-refractivity contribution is -0.389. The van der Waals surface area contributed by atoms with Crippen molar-refractivity contribution >= 4 is 5.82 Å². The van der Waals surface area contributed by atoms with Gasteiger partial charge in [-0.2, -0.15) is 13.2 Å². The number of alkyl halides is 3. The third-order valence-electron chi connectivity index (χ3n) is 5.83. The summed E-state index contributed by atoms with van der Waals surface area (Å²) in [4.78, 5) is 16.5. The van der Waals surface area contributed by atoms with E-state index in [0.29, 0.717) is 19.0 Å². The summed E-state index contributed by atoms with van der Waals surface area (Å²) in [6.45, 7) is 4.94. The van der Waals surface area contributed by atoms with Gasteiger partial charge in [-0.3, -0.25) is 9.47 Å². The number of aromatic nitrogens is 2. The fourth-order valence-electron chi connectivity index (χ4n) is 4.35. The first-order valence-electron chi connectivity index (χ1n) is 9.90. The van der Waals surface area contributed by atoms with Crippen LogP contribution in [0.5, 0.6) is 6.01 Å². The van der Waals surface area contributed by atoms with Gasteiger partial charge in [0, 0.05) is 11.5 Å². The van der Waals surface area contributed by atoms with Crippen LogP contribution < -0.4 is 4.74 Å². The molecule has 0 amide bonds. The molecule has 1 fully saturated rings. The van der Waals surface area contributed by atoms with Crippen molar-refractivity contribution in [1.82, 2.24) is 14.5 Å². The molecule has 7 nitrogen and oxygen atoms in total. The van der Waals surface area contributed by atoms with Gasteiger partial charge >= 0.3 is 18.0 Å². The number of fused-ring (bicyclic) bond motifs is 1. The highest BCUT2D eigenvalue weighted by Gasteiger charge is 2.41. The number of halogens is 3. The minimum absolute atomic E-state index is 0.212. The predicted molar refractivity (Wildman–Crippen MR) is 102 cm³/mol. The Balaban J connectivity index is 1.27. The molecule has 10 heteroatoms. The van der Waals surface area contributed by atoms with Crippen LogP contribution in [0.3, 0.4) is 0 Å². The Labute approximate surface area is 171 Å². The number of hydrogen-bond acceptors (Lipinski definition) is 5. The highest BCUT2D eigenvalue weighted by atomic mass is 19.4. The molecule has 0 bridgehead atoms. The average molecular weight is 424 g/mol. The number of ether oxygens (including phenoxy) is 1. The van der Waals surface area contributed by atoms with E-state index >= 15 is 0 Å². The Hall–Kier alpha value is -2.62. The Kier molecular flexibility index (Phi) is 5.21. The van der Waals surface area contributed by atoms with Crippen molar-refractivity contribution in [1.29, 1.82) is 0 Å². The molecule has 1 atom stereocenters. The fraction of sp³-hybridized carbons (Fsp3) is 0.550. The highest BCUT2D eigenvalue weighted by molar-refractivity contribution is 5.25. The number of nitrogens with zero attached hydrogens (tertiary/aromatic N) is 4. The molecule has 162 valence electrons. The maximum Gasteiger partial charge on any atom is 0.416 e. The molecule has 2 aliphatic heterocycles. The molecular formula is C20H23F3N4O3. The Morgan fingerprint density at radius 1 is 1.27 bits per heavy atom. The van der Waals surface area contributed by atoms with Crippen LogP contribution in [-0.4, -0.2) is 44.6 Å². The number of likely N-dealkylation sites (tertiary alicyclic amines) is 1. The van der Waals surface area contributed by atoms with E-state index in [9.17, 15) is 23.3 Å². The van der Waals surface area contributed by atoms with Gasteiger partial charge in [0.25, 0.3) is 0 Å². The fourth-order valence-corrected chi connectivity index (χ4v) is 4.35. The zero-order chi connectivity index (χ0) is 21.5. The van der Waals surface area contributed by atoms with E-state index in [-0.39, 0.29) is 11.8 Å². The molecule has 1 saturated heterocycles. The third-order valence-corrected chi connectivity index (χ3v) is 5.83. The molecule has 1 aromatic heterocycles. The van der Waals surface area contributed by atoms with Crippen LogP contribution in [0.4, 0.5) is 19.0 Å². The number of benzene rings is 1. The van der Waals surface area contributed by atoms with Crippen LogP contribution >= 0.6 is 0 Å². The van der Waals surface area contributed by atoms with Crippen molar-refractivity contribution in [3.8, 4) is 6.01 Å². The van der Waals surface area contributed by atoms with Gasteiger partial charge < -0.3 is 14.9 Å². The van der Waals surface area contributed by atoms with Gasteiger partial charge in [-0.05, 0) is 67.8 Å². The molecule has 0 aliphatic carbocycles. The van der Waals surface area contributed by atoms with Crippen LogP contribution in [-0.2, 0) is 19.1 Å². The van der Waals surface area contributed by atoms with Gasteiger partial charge in [0.05, 0.1) is 12.1 Å². The Morgan fingerprint density at radius 2 is 1.93 bits per heavy atom. The molecular weight excluding hydrogens is 401 g/mol. The van der Waals surface area contributed by atoms with Crippen molar-refractivity contribution in [2.45, 2.75) is 44.5 Å². The predicted octanol–water partition coefficient (Wildman–Crippen LogP) is 3.92. The maximum absolute atomic E-state index is 12.7. The quantitative estimate of drug-likeness (QED) is 0.537. The second kappa shape index (κ2) is 7.57. The van der Waals surface area contributed by atoms with Crippen LogP contribution in [0.2, 0.25) is 0 Å². The molecule has 3 heterocycles. The average Bonchev–Trinajstić information content (AvgIpc) is 3.18. The van der Waals surface area contributed by atoms with E-state index in [1.54, 1.807) is 16.7 Å². The van der Waals surface area contributed by atoms with E-state index in [1.807, 2.05) is 6.92 Å². The lowest BCUT2D eigenvalue weighted by Gasteiger charge is -2.36. The summed E-state index contributed by atoms with van der Waals surface area (Å²) in [5.74, 6) is 0.226. The van der Waals surface area contributed by atoms with Crippen LogP contribution in [0.1, 0.15) is 30.9 Å². The van der Waals surface area contributed by atoms with Gasteiger partial charge in [-0.1, -0.05) is 12.1 Å². The topological polar surface area (TPSA) is 73.4 Å². The summed E-state index contributed by atoms with van der Waals surface area (Å²) in [6, 6.07) is 5.72. The summed E-state index contributed by atoms with van der Waals surface area (Å²) in [5, 5.41) is 10.8. The smallest absolute Gasteiger partial charge is 0.416 e. The molecule has 0 saturated carbocycles. The Bertz CT molecular complexity index is 895. The van der Waals surface area contributed by atoms with Crippen molar-refractivity contribution in [2.75, 3.05) is 19.6 Å². The molecule has 1 aromatic carbocycles. The maximum atomic E-state index is 12.7. The van der Waals surface area contributed by atoms with Gasteiger partial charge in [0.2, 0.25) is 0 Å². The third kappa shape index (κ3) is 4.43. The van der Waals surface area contributed by atoms with Crippen molar-refractivity contribution in [3.63, 3.8) is 0 Å². The summed E-state index contributed by atoms with van der Waals surface area (Å²) in [6.07, 6.45) is -0.195. The number of piperidine rings is 1. The number of imidazole rings is 1. The minimum atomic E-state index is -4.30. The first kappa shape index (κ1) is 20.6. The summed E-state index contributed by atoms with van der Waals surface area (Å²) < 4.78 is 45.6. The summed E-state index contributed by atoms with van der Waals surface area (Å²) in [5.41, 5.74) is -0.173. The standard InChI is InChI=1S/C20H23F3N4O3/c1-19(13-26-11-17(27(28)29)24-18(26)30-19)12-25-8-6-15(7-9-25)10-14-2-4-16(5-3-14)20(21,22)23/h2-5,11,15H,6-10,12-13H2,1H3. The van der Waals surface area contributed by atoms with Gasteiger partial charge in [-0.15, -0.1) is 0 Å². The lowest BCUT2D eigenvalue weighted by atomic mass is 9.89. The zero-order valence-corrected chi connectivity index (χ0v) is 16.6. The molecule has 0 spiro atoms. The molecule has 4 rings (SSSR count). The van der Waals surface area contributed by atoms with Crippen molar-refractivity contribution in [3.05, 3.63) is 51.7 Å². The van der Waals surface area contributed by atoms with E-state index < -0.39 is 22.3 Å². The first-order chi connectivity index (χ1) is 14.1. The lowest BCUT2D eigenvalue weighted by Crippen LogP contribution is -2.47. The van der Waals surface area contributed by atoms with Crippen LogP contribution in [0.25, 0.3) is 0 Å². The summed E-state index contributed by atoms with van der Waals surface area (Å²) in [7, 11) is 0. The van der Waals surface area contributed by atoms with Gasteiger partial charge in [0.1, 0.15) is 11.8 Å². The van der Waals surface area contributed by atoms with E-state index in [0.717, 1.165) is 50.0 Å². The summed E-state index contributed by atoms with van der Waals surface area (Å²) >= 11 is 0. The van der Waals surface area contributed by atoms with E-state index in [2.05, 4.69) is 9.88 Å². The monoisotopic (exact) mass is 424 g/mol. The zero-order valence-electron chi connectivity index (χ0n) is 16.6. The highest BCUT2D eigenvalue weighted by Crippen LogP contribution is 2.33. The minimum Gasteiger partial charge on any atom is -0.436 e. The molecule has 30 heavy (non-hydrogen) atoms. The van der Waals surface area contributed by atoms with Crippen molar-refractivity contribution in [2.24, 2.45) is 5.92 Å². The number of rotatable bonds is 5. The second-order valence-corrected chi connectivity index (χ2v) is 8.44. The molecule has 2 aliphatic rings. The largest absolute Gasteiger partial charge is 0.436 e. The molecule has 1 unspecified atom stereocenters. The van der Waals surface area contributed by atoms with Crippen LogP contribution in [0.15, 0.2) is 30.5 Å². The molecule has 2 aromatic rings. The van der Waals surface area contributed by atoms with E-state index in [1.165, 1.54) is 6.20 Å². The van der Waals surface area contributed by atoms with Crippen molar-refractivity contribution < 1.29 is 22.8 Å². The van der Waals surface area contributed by atoms with Gasteiger partial charge in [0.15, 0.2) is 0 Å². The SMILES string of the molecule is CC1(CN2CCC(Cc3ccc(C(F)(F)F)cc3)CC2)Cn2cc([N+](=O)[O-])nc2O1. The molecule has 0 radical (unpaired) electrons. The first-order valence-corrected chi connectivity index (χ1v) is 9.90.